The number of urea groups is 1. The zero-order chi connectivity index (χ0) is 20.5. The molecule has 1 fully saturated rings. The van der Waals surface area contributed by atoms with Crippen molar-refractivity contribution >= 4 is 6.03 Å². The summed E-state index contributed by atoms with van der Waals surface area (Å²) in [6, 6.07) is 9.87. The lowest BCUT2D eigenvalue weighted by molar-refractivity contribution is 0.109. The Labute approximate surface area is 170 Å². The average Bonchev–Trinajstić information content (AvgIpc) is 3.33. The van der Waals surface area contributed by atoms with Gasteiger partial charge in [-0.15, -0.1) is 5.10 Å². The monoisotopic (exact) mass is 400 g/mol. The number of rotatable bonds is 11. The lowest BCUT2D eigenvalue weighted by atomic mass is 10.1. The number of carbonyl (C=O) groups is 1. The van der Waals surface area contributed by atoms with E-state index in [4.69, 9.17) is 4.74 Å². The van der Waals surface area contributed by atoms with Gasteiger partial charge in [0.05, 0.1) is 12.1 Å². The van der Waals surface area contributed by atoms with E-state index in [0.29, 0.717) is 38.5 Å². The third kappa shape index (κ3) is 6.37. The molecular formula is C20H28N6O3. The number of nitrogens with one attached hydrogen (secondary N) is 1. The lowest BCUT2D eigenvalue weighted by Crippen LogP contribution is -2.34. The number of hydrogen-bond donors (Lipinski definition) is 2. The number of aliphatic hydroxyl groups is 1. The fraction of sp³-hybridized carbons (Fsp3) is 0.500. The minimum Gasteiger partial charge on any atom is -0.389 e. The van der Waals surface area contributed by atoms with Crippen molar-refractivity contribution in [2.24, 2.45) is 0 Å². The third-order valence-corrected chi connectivity index (χ3v) is 4.84. The number of tetrazole rings is 1. The predicted molar refractivity (Wildman–Crippen MR) is 107 cm³/mol. The number of benzene rings is 1. The van der Waals surface area contributed by atoms with Gasteiger partial charge in [0.2, 0.25) is 0 Å². The number of H-pyrrole nitrogens is 1. The largest absolute Gasteiger partial charge is 0.389 e. The minimum atomic E-state index is -0.570. The molecule has 0 aliphatic carbocycles. The Hall–Kier alpha value is -2.78. The fourth-order valence-electron chi connectivity index (χ4n) is 3.32. The molecule has 2 heterocycles. The minimum absolute atomic E-state index is 0.0193. The number of likely N-dealkylation sites (N-methyl/N-ethyl adjacent to an activating group) is 1. The number of amides is 2. The molecule has 0 saturated carbocycles. The molecule has 9 nitrogen and oxygen atoms in total. The Morgan fingerprint density at radius 2 is 2.17 bits per heavy atom. The first-order valence-corrected chi connectivity index (χ1v) is 9.86. The molecule has 2 aromatic rings. The molecule has 2 N–H and O–H groups in total. The van der Waals surface area contributed by atoms with Crippen LogP contribution in [0.2, 0.25) is 0 Å². The van der Waals surface area contributed by atoms with Gasteiger partial charge in [0.15, 0.2) is 5.82 Å². The number of aliphatic hydroxyl groups excluding tert-OH is 1. The lowest BCUT2D eigenvalue weighted by Gasteiger charge is -2.21. The van der Waals surface area contributed by atoms with Crippen LogP contribution in [0.4, 0.5) is 4.79 Å². The summed E-state index contributed by atoms with van der Waals surface area (Å²) in [6.07, 6.45) is 5.41. The van der Waals surface area contributed by atoms with E-state index in [-0.39, 0.29) is 12.1 Å². The van der Waals surface area contributed by atoms with Crippen LogP contribution in [0.25, 0.3) is 0 Å². The summed E-state index contributed by atoms with van der Waals surface area (Å²) in [4.78, 5) is 16.0. The number of unbranched alkanes of at least 4 members (excludes halogenated alkanes) is 1. The van der Waals surface area contributed by atoms with Crippen LogP contribution in [0, 0.1) is 0 Å². The normalized spacial score (nSPS) is 18.1. The SMILES string of the molecule is CN1C[C@H](/C=C/C(O)Cc2ccccc2)N(CCCCOCc2nnn[nH]2)C1=O. The van der Waals surface area contributed by atoms with E-state index in [1.807, 2.05) is 41.3 Å². The second kappa shape index (κ2) is 10.7. The van der Waals surface area contributed by atoms with E-state index >= 15 is 0 Å². The van der Waals surface area contributed by atoms with Crippen LogP contribution in [-0.2, 0) is 17.8 Å². The van der Waals surface area contributed by atoms with Crippen LogP contribution < -0.4 is 0 Å². The molecular weight excluding hydrogens is 372 g/mol. The van der Waals surface area contributed by atoms with E-state index in [0.717, 1.165) is 18.4 Å². The average molecular weight is 400 g/mol. The number of aromatic nitrogens is 4. The molecule has 3 rings (SSSR count). The highest BCUT2D eigenvalue weighted by atomic mass is 16.5. The van der Waals surface area contributed by atoms with Crippen molar-refractivity contribution in [2.45, 2.75) is 38.0 Å². The van der Waals surface area contributed by atoms with E-state index in [2.05, 4.69) is 20.6 Å². The molecule has 1 aromatic heterocycles. The van der Waals surface area contributed by atoms with Crippen molar-refractivity contribution < 1.29 is 14.6 Å². The Kier molecular flexibility index (Phi) is 7.71. The molecule has 29 heavy (non-hydrogen) atoms. The molecule has 1 saturated heterocycles. The number of carbonyl (C=O) groups excluding carboxylic acids is 1. The van der Waals surface area contributed by atoms with E-state index in [1.54, 1.807) is 18.0 Å². The van der Waals surface area contributed by atoms with Crippen molar-refractivity contribution in [3.05, 3.63) is 53.9 Å². The second-order valence-electron chi connectivity index (χ2n) is 7.17. The van der Waals surface area contributed by atoms with E-state index in [9.17, 15) is 9.90 Å². The quantitative estimate of drug-likeness (QED) is 0.436. The van der Waals surface area contributed by atoms with Crippen molar-refractivity contribution in [3.8, 4) is 0 Å². The summed E-state index contributed by atoms with van der Waals surface area (Å²) in [7, 11) is 1.80. The van der Waals surface area contributed by atoms with Crippen LogP contribution in [0.15, 0.2) is 42.5 Å². The van der Waals surface area contributed by atoms with Crippen molar-refractivity contribution in [1.82, 2.24) is 30.4 Å². The van der Waals surface area contributed by atoms with Gasteiger partial charge in [0.1, 0.15) is 6.61 Å². The zero-order valence-electron chi connectivity index (χ0n) is 16.6. The highest BCUT2D eigenvalue weighted by Crippen LogP contribution is 2.17. The van der Waals surface area contributed by atoms with Gasteiger partial charge in [-0.2, -0.15) is 0 Å². The summed E-state index contributed by atoms with van der Waals surface area (Å²) >= 11 is 0. The van der Waals surface area contributed by atoms with Gasteiger partial charge in [-0.3, -0.25) is 0 Å². The number of hydrogen-bond acceptors (Lipinski definition) is 6. The molecule has 9 heteroatoms. The first-order valence-electron chi connectivity index (χ1n) is 9.86. The van der Waals surface area contributed by atoms with Crippen LogP contribution >= 0.6 is 0 Å². The van der Waals surface area contributed by atoms with Crippen LogP contribution in [0.1, 0.15) is 24.2 Å². The molecule has 1 aliphatic heterocycles. The molecule has 156 valence electrons. The molecule has 1 aromatic carbocycles. The molecule has 0 radical (unpaired) electrons. The smallest absolute Gasteiger partial charge is 0.320 e. The highest BCUT2D eigenvalue weighted by Gasteiger charge is 2.32. The molecule has 1 unspecified atom stereocenters. The summed E-state index contributed by atoms with van der Waals surface area (Å²) in [6.45, 7) is 2.21. The Bertz CT molecular complexity index is 768. The first kappa shape index (κ1) is 20.9. The maximum atomic E-state index is 12.4. The standard InChI is InChI=1S/C20H28N6O3/c1-25-14-17(9-10-18(27)13-16-7-3-2-4-8-16)26(20(25)28)11-5-6-12-29-15-19-21-23-24-22-19/h2-4,7-10,17-18,27H,5-6,11-15H2,1H3,(H,21,22,23,24)/b10-9+/t17-,18?/m0/s1. The maximum Gasteiger partial charge on any atom is 0.320 e. The number of ether oxygens (including phenoxy) is 1. The zero-order valence-corrected chi connectivity index (χ0v) is 16.6. The van der Waals surface area contributed by atoms with Crippen LogP contribution in [-0.4, -0.2) is 80.5 Å². The third-order valence-electron chi connectivity index (χ3n) is 4.84. The molecule has 0 spiro atoms. The van der Waals surface area contributed by atoms with Crippen LogP contribution in [0.3, 0.4) is 0 Å². The summed E-state index contributed by atoms with van der Waals surface area (Å²) in [5.41, 5.74) is 1.09. The topological polar surface area (TPSA) is 107 Å². The Balaban J connectivity index is 1.41. The molecule has 0 bridgehead atoms. The number of aromatic amines is 1. The molecule has 1 aliphatic rings. The second-order valence-corrected chi connectivity index (χ2v) is 7.17. The molecule has 2 atom stereocenters. The van der Waals surface area contributed by atoms with Gasteiger partial charge >= 0.3 is 6.03 Å². The van der Waals surface area contributed by atoms with Crippen molar-refractivity contribution in [2.75, 3.05) is 26.7 Å². The van der Waals surface area contributed by atoms with Gasteiger partial charge in [-0.25, -0.2) is 9.89 Å². The predicted octanol–water partition coefficient (Wildman–Crippen LogP) is 1.39. The van der Waals surface area contributed by atoms with E-state index < -0.39 is 6.10 Å². The summed E-state index contributed by atoms with van der Waals surface area (Å²) in [5, 5.41) is 23.7. The van der Waals surface area contributed by atoms with Gasteiger partial charge in [-0.1, -0.05) is 42.5 Å². The Morgan fingerprint density at radius 1 is 1.34 bits per heavy atom. The first-order chi connectivity index (χ1) is 14.1. The van der Waals surface area contributed by atoms with E-state index in [1.165, 1.54) is 0 Å². The van der Waals surface area contributed by atoms with Crippen LogP contribution in [0.5, 0.6) is 0 Å². The van der Waals surface area contributed by atoms with Gasteiger partial charge in [-0.05, 0) is 28.8 Å². The fourth-order valence-corrected chi connectivity index (χ4v) is 3.32. The van der Waals surface area contributed by atoms with Crippen molar-refractivity contribution in [3.63, 3.8) is 0 Å². The van der Waals surface area contributed by atoms with Gasteiger partial charge in [0.25, 0.3) is 0 Å². The number of nitrogens with zero attached hydrogens (tertiary/aromatic N) is 5. The highest BCUT2D eigenvalue weighted by molar-refractivity contribution is 5.77. The van der Waals surface area contributed by atoms with Crippen molar-refractivity contribution in [1.29, 1.82) is 0 Å². The van der Waals surface area contributed by atoms with Gasteiger partial charge < -0.3 is 19.6 Å². The molecule has 2 amide bonds. The Morgan fingerprint density at radius 3 is 2.93 bits per heavy atom. The maximum absolute atomic E-state index is 12.4. The van der Waals surface area contributed by atoms with Gasteiger partial charge in [0, 0.05) is 33.2 Å². The summed E-state index contributed by atoms with van der Waals surface area (Å²) < 4.78 is 5.52. The summed E-state index contributed by atoms with van der Waals surface area (Å²) in [5.74, 6) is 0.598.